The van der Waals surface area contributed by atoms with Crippen LogP contribution in [0.25, 0.3) is 0 Å². The first-order valence-corrected chi connectivity index (χ1v) is 12.9. The van der Waals surface area contributed by atoms with Crippen LogP contribution in [0.15, 0.2) is 17.1 Å². The maximum Gasteiger partial charge on any atom is 0.412 e. The van der Waals surface area contributed by atoms with Gasteiger partial charge in [-0.3, -0.25) is 9.88 Å². The van der Waals surface area contributed by atoms with Gasteiger partial charge in [0.25, 0.3) is 0 Å². The van der Waals surface area contributed by atoms with Crippen molar-refractivity contribution >= 4 is 24.0 Å². The lowest BCUT2D eigenvalue weighted by atomic mass is 9.88. The fourth-order valence-corrected chi connectivity index (χ4v) is 3.46. The molecule has 0 bridgehead atoms. The van der Waals surface area contributed by atoms with Crippen LogP contribution >= 0.6 is 0 Å². The molecule has 2 amide bonds. The largest absolute Gasteiger partial charge is 0.449 e. The Morgan fingerprint density at radius 3 is 2.40 bits per heavy atom. The van der Waals surface area contributed by atoms with Gasteiger partial charge >= 0.3 is 29.8 Å². The van der Waals surface area contributed by atoms with Crippen molar-refractivity contribution in [1.29, 1.82) is 0 Å². The molecule has 2 heterocycles. The van der Waals surface area contributed by atoms with E-state index < -0.39 is 65.4 Å². The molecule has 4 atom stereocenters. The Morgan fingerprint density at radius 1 is 1.20 bits per heavy atom. The molecular formula is C25H38F2N4O9. The molecule has 0 saturated carbocycles. The van der Waals surface area contributed by atoms with E-state index in [1.54, 1.807) is 34.6 Å². The summed E-state index contributed by atoms with van der Waals surface area (Å²) in [6.45, 7) is 11.4. The summed E-state index contributed by atoms with van der Waals surface area (Å²) in [6, 6.07) is 1.06. The van der Waals surface area contributed by atoms with E-state index in [-0.39, 0.29) is 12.4 Å². The minimum Gasteiger partial charge on any atom is -0.449 e. The summed E-state index contributed by atoms with van der Waals surface area (Å²) in [6.07, 6.45) is -5.79. The number of carbonyl (C=O) groups is 3. The third-order valence-corrected chi connectivity index (χ3v) is 6.10. The number of halogens is 2. The lowest BCUT2D eigenvalue weighted by Gasteiger charge is -2.34. The Hall–Kier alpha value is -3.33. The predicted molar refractivity (Wildman–Crippen MR) is 137 cm³/mol. The number of ether oxygens (including phenoxy) is 4. The van der Waals surface area contributed by atoms with E-state index in [0.29, 0.717) is 11.0 Å². The monoisotopic (exact) mass is 576 g/mol. The smallest absolute Gasteiger partial charge is 0.412 e. The number of aromatic nitrogens is 2. The molecule has 226 valence electrons. The molecule has 3 N–H and O–H groups in total. The first-order valence-electron chi connectivity index (χ1n) is 12.9. The maximum atomic E-state index is 15.0. The molecule has 0 spiro atoms. The number of hydrogen-bond donors (Lipinski definition) is 3. The van der Waals surface area contributed by atoms with Crippen molar-refractivity contribution in [1.82, 2.24) is 14.9 Å². The number of nitrogens with zero attached hydrogens (tertiary/aromatic N) is 2. The molecule has 1 saturated heterocycles. The quantitative estimate of drug-likeness (QED) is 0.214. The van der Waals surface area contributed by atoms with Crippen LogP contribution in [0.2, 0.25) is 0 Å². The van der Waals surface area contributed by atoms with Gasteiger partial charge in [0.05, 0.1) is 6.61 Å². The predicted octanol–water partition coefficient (Wildman–Crippen LogP) is 3.32. The Bertz CT molecular complexity index is 1120. The highest BCUT2D eigenvalue weighted by Crippen LogP contribution is 2.43. The third-order valence-electron chi connectivity index (χ3n) is 6.10. The van der Waals surface area contributed by atoms with Crippen LogP contribution in [0.1, 0.15) is 74.0 Å². The molecule has 0 aromatic carbocycles. The second-order valence-electron chi connectivity index (χ2n) is 10.8. The van der Waals surface area contributed by atoms with E-state index >= 15 is 0 Å². The van der Waals surface area contributed by atoms with Crippen molar-refractivity contribution < 1.29 is 47.2 Å². The molecule has 15 heteroatoms. The van der Waals surface area contributed by atoms with Gasteiger partial charge in [0.15, 0.2) is 6.10 Å². The SMILES string of the molecule is CCCCCOC(=O)Nc1ccn([C@@H]2O[C@H](OC(=O)C(C)(NC(=O)OC(C)(C)C)C(C)C)[C@@H](O)C2(F)F)c(=O)n1. The number of anilines is 1. The topological polar surface area (TPSA) is 167 Å². The molecule has 0 aliphatic carbocycles. The standard InChI is InChI=1S/C25H38F2N4O9/c1-8-9-10-13-37-21(35)29-15-11-12-31(20(34)28-15)18-25(26,27)16(32)17(38-18)39-19(33)24(7,14(2)3)30-22(36)40-23(4,5)6/h11-12,14,16-18,32H,8-10,13H2,1-7H3,(H,30,36)(H,28,29,34,35)/t16-,17-,18-,24?/m1/s1. The molecule has 13 nitrogen and oxygen atoms in total. The number of alkyl halides is 2. The highest BCUT2D eigenvalue weighted by Gasteiger charge is 2.62. The van der Waals surface area contributed by atoms with Crippen LogP contribution in [0.3, 0.4) is 0 Å². The van der Waals surface area contributed by atoms with Crippen LogP contribution in [-0.2, 0) is 23.7 Å². The van der Waals surface area contributed by atoms with Crippen LogP contribution in [0, 0.1) is 5.92 Å². The first-order chi connectivity index (χ1) is 18.4. The number of carbonyl (C=O) groups excluding carboxylic acids is 3. The molecule has 1 aromatic heterocycles. The van der Waals surface area contributed by atoms with E-state index in [0.717, 1.165) is 25.1 Å². The molecule has 1 aliphatic heterocycles. The van der Waals surface area contributed by atoms with Gasteiger partial charge in [-0.05, 0) is 46.1 Å². The number of amides is 2. The number of aliphatic hydroxyl groups excluding tert-OH is 1. The van der Waals surface area contributed by atoms with Crippen LogP contribution in [0.5, 0.6) is 0 Å². The van der Waals surface area contributed by atoms with Crippen LogP contribution in [-0.4, -0.2) is 68.9 Å². The highest BCUT2D eigenvalue weighted by molar-refractivity contribution is 5.86. The lowest BCUT2D eigenvalue weighted by molar-refractivity contribution is -0.201. The summed E-state index contributed by atoms with van der Waals surface area (Å²) in [4.78, 5) is 53.2. The van der Waals surface area contributed by atoms with Crippen molar-refractivity contribution in [2.45, 2.75) is 103 Å². The molecule has 1 aromatic rings. The van der Waals surface area contributed by atoms with Crippen molar-refractivity contribution in [2.75, 3.05) is 11.9 Å². The summed E-state index contributed by atoms with van der Waals surface area (Å²) in [5.41, 5.74) is -3.88. The first kappa shape index (κ1) is 32.9. The van der Waals surface area contributed by atoms with Gasteiger partial charge < -0.3 is 29.4 Å². The minimum atomic E-state index is -4.10. The summed E-state index contributed by atoms with van der Waals surface area (Å²) >= 11 is 0. The van der Waals surface area contributed by atoms with Crippen molar-refractivity contribution in [3.63, 3.8) is 0 Å². The third kappa shape index (κ3) is 8.10. The van der Waals surface area contributed by atoms with Gasteiger partial charge in [0, 0.05) is 6.20 Å². The van der Waals surface area contributed by atoms with Crippen LogP contribution < -0.4 is 16.3 Å². The normalized spacial score (nSPS) is 21.8. The molecular weight excluding hydrogens is 538 g/mol. The zero-order chi connectivity index (χ0) is 30.5. The summed E-state index contributed by atoms with van der Waals surface area (Å²) in [5.74, 6) is -6.15. The van der Waals surface area contributed by atoms with Crippen molar-refractivity contribution in [3.05, 3.63) is 22.7 Å². The van der Waals surface area contributed by atoms with Crippen molar-refractivity contribution in [2.24, 2.45) is 5.92 Å². The Kier molecular flexibility index (Phi) is 10.6. The number of hydrogen-bond acceptors (Lipinski definition) is 10. The molecule has 1 aliphatic rings. The van der Waals surface area contributed by atoms with Gasteiger partial charge in [-0.1, -0.05) is 33.6 Å². The number of rotatable bonds is 10. The van der Waals surface area contributed by atoms with E-state index in [1.807, 2.05) is 6.92 Å². The Labute approximate surface area is 230 Å². The fraction of sp³-hybridized carbons (Fsp3) is 0.720. The van der Waals surface area contributed by atoms with Gasteiger partial charge in [-0.25, -0.2) is 19.2 Å². The van der Waals surface area contributed by atoms with Gasteiger partial charge in [0.1, 0.15) is 17.0 Å². The van der Waals surface area contributed by atoms with Crippen LogP contribution in [0.4, 0.5) is 24.2 Å². The fourth-order valence-electron chi connectivity index (χ4n) is 3.46. The number of nitrogens with one attached hydrogen (secondary N) is 2. The number of aliphatic hydroxyl groups is 1. The Morgan fingerprint density at radius 2 is 1.85 bits per heavy atom. The number of unbranched alkanes of at least 4 members (excludes halogenated alkanes) is 2. The summed E-state index contributed by atoms with van der Waals surface area (Å²) < 4.78 is 50.7. The molecule has 0 radical (unpaired) electrons. The number of alkyl carbamates (subject to hydrolysis) is 1. The summed E-state index contributed by atoms with van der Waals surface area (Å²) in [7, 11) is 0. The average molecular weight is 577 g/mol. The van der Waals surface area contributed by atoms with Gasteiger partial charge in [0.2, 0.25) is 12.5 Å². The highest BCUT2D eigenvalue weighted by atomic mass is 19.3. The van der Waals surface area contributed by atoms with E-state index in [9.17, 15) is 33.1 Å². The summed E-state index contributed by atoms with van der Waals surface area (Å²) in [5, 5.41) is 14.9. The lowest BCUT2D eigenvalue weighted by Crippen LogP contribution is -2.58. The van der Waals surface area contributed by atoms with Gasteiger partial charge in [-0.2, -0.15) is 13.8 Å². The zero-order valence-electron chi connectivity index (χ0n) is 23.7. The van der Waals surface area contributed by atoms with E-state index in [4.69, 9.17) is 18.9 Å². The molecule has 1 unspecified atom stereocenters. The van der Waals surface area contributed by atoms with E-state index in [1.165, 1.54) is 6.92 Å². The zero-order valence-corrected chi connectivity index (χ0v) is 23.7. The molecule has 1 fully saturated rings. The second-order valence-corrected chi connectivity index (χ2v) is 10.8. The molecule has 40 heavy (non-hydrogen) atoms. The maximum absolute atomic E-state index is 15.0. The Balaban J connectivity index is 2.16. The average Bonchev–Trinajstić information content (AvgIpc) is 3.04. The van der Waals surface area contributed by atoms with E-state index in [2.05, 4.69) is 15.6 Å². The minimum absolute atomic E-state index is 0.153. The second kappa shape index (κ2) is 12.9. The van der Waals surface area contributed by atoms with Gasteiger partial charge in [-0.15, -0.1) is 0 Å². The number of esters is 1. The van der Waals surface area contributed by atoms with Crippen molar-refractivity contribution in [3.8, 4) is 0 Å². The molecule has 2 rings (SSSR count).